The predicted octanol–water partition coefficient (Wildman–Crippen LogP) is 4.45. The monoisotopic (exact) mass is 531 g/mol. The third-order valence-corrected chi connectivity index (χ3v) is 7.56. The Balaban J connectivity index is 1.53. The average Bonchev–Trinajstić information content (AvgIpc) is 3.24. The lowest BCUT2D eigenvalue weighted by Gasteiger charge is -2.31. The fraction of sp³-hybridized carbons (Fsp3) is 0.222. The van der Waals surface area contributed by atoms with Gasteiger partial charge in [0.1, 0.15) is 6.61 Å². The van der Waals surface area contributed by atoms with Crippen LogP contribution in [0.25, 0.3) is 22.3 Å². The van der Waals surface area contributed by atoms with Gasteiger partial charge in [0.25, 0.3) is 5.56 Å². The number of cyclic esters (lactones) is 1. The molecule has 0 amide bonds. The zero-order valence-corrected chi connectivity index (χ0v) is 20.6. The summed E-state index contributed by atoms with van der Waals surface area (Å²) in [7, 11) is 0. The zero-order chi connectivity index (χ0) is 24.3. The highest BCUT2D eigenvalue weighted by molar-refractivity contribution is 9.10. The average molecular weight is 532 g/mol. The second kappa shape index (κ2) is 8.03. The minimum absolute atomic E-state index is 0.113. The summed E-state index contributed by atoms with van der Waals surface area (Å²) in [6.07, 6.45) is 0.113. The fourth-order valence-electron chi connectivity index (χ4n) is 5.07. The van der Waals surface area contributed by atoms with Crippen LogP contribution in [0.2, 0.25) is 0 Å². The van der Waals surface area contributed by atoms with Crippen molar-refractivity contribution in [3.63, 3.8) is 0 Å². The van der Waals surface area contributed by atoms with Gasteiger partial charge in [-0.1, -0.05) is 41.1 Å². The summed E-state index contributed by atoms with van der Waals surface area (Å²) in [4.78, 5) is 30.9. The minimum Gasteiger partial charge on any atom is -0.458 e. The van der Waals surface area contributed by atoms with Crippen molar-refractivity contribution >= 4 is 38.5 Å². The number of benzene rings is 2. The van der Waals surface area contributed by atoms with Crippen LogP contribution in [0.1, 0.15) is 35.6 Å². The zero-order valence-electron chi connectivity index (χ0n) is 19.0. The summed E-state index contributed by atoms with van der Waals surface area (Å²) in [5, 5.41) is 15.6. The van der Waals surface area contributed by atoms with Gasteiger partial charge in [0.15, 0.2) is 5.60 Å². The van der Waals surface area contributed by atoms with Crippen LogP contribution in [-0.4, -0.2) is 20.6 Å². The molecule has 0 aliphatic carbocycles. The molecule has 0 unspecified atom stereocenters. The highest BCUT2D eigenvalue weighted by Gasteiger charge is 2.45. The number of anilines is 1. The van der Waals surface area contributed by atoms with Gasteiger partial charge in [-0.3, -0.25) is 4.79 Å². The van der Waals surface area contributed by atoms with Gasteiger partial charge in [-0.05, 0) is 48.4 Å². The SMILES string of the molecule is CC[C@@]1(O)C(=O)OCc2c1cc1n(c2=O)Cc2c-1nc1ccccc1c2CNc1ccc(Br)cc1. The van der Waals surface area contributed by atoms with E-state index in [1.807, 2.05) is 48.5 Å². The maximum absolute atomic E-state index is 13.5. The maximum Gasteiger partial charge on any atom is 0.343 e. The molecule has 8 heteroatoms. The van der Waals surface area contributed by atoms with E-state index >= 15 is 0 Å². The standard InChI is InChI=1S/C27H22BrN3O4/c1-2-27(34)21-11-23-24-19(13-31(23)25(32)20(21)14-35-26(27)33)18(17-5-3-4-6-22(17)30-24)12-29-16-9-7-15(28)8-10-16/h3-11,29,34H,2,12-14H2,1H3/t27-/m0/s1. The van der Waals surface area contributed by atoms with Crippen LogP contribution in [0, 0.1) is 0 Å². The molecule has 2 aliphatic rings. The van der Waals surface area contributed by atoms with Gasteiger partial charge in [0.05, 0.1) is 29.0 Å². The van der Waals surface area contributed by atoms with Gasteiger partial charge in [-0.2, -0.15) is 0 Å². The second-order valence-electron chi connectivity index (χ2n) is 8.90. The first kappa shape index (κ1) is 22.0. The maximum atomic E-state index is 13.5. The molecule has 7 nitrogen and oxygen atoms in total. The van der Waals surface area contributed by atoms with Gasteiger partial charge in [0, 0.05) is 33.2 Å². The van der Waals surface area contributed by atoms with E-state index in [2.05, 4.69) is 21.2 Å². The highest BCUT2D eigenvalue weighted by atomic mass is 79.9. The van der Waals surface area contributed by atoms with Crippen LogP contribution >= 0.6 is 15.9 Å². The molecule has 0 bridgehead atoms. The van der Waals surface area contributed by atoms with E-state index in [1.54, 1.807) is 17.6 Å². The van der Waals surface area contributed by atoms with Crippen molar-refractivity contribution < 1.29 is 14.6 Å². The third kappa shape index (κ3) is 3.31. The van der Waals surface area contributed by atoms with Crippen molar-refractivity contribution in [2.45, 2.75) is 38.6 Å². The normalized spacial score (nSPS) is 18.1. The molecular formula is C27H22BrN3O4. The summed E-state index contributed by atoms with van der Waals surface area (Å²) < 4.78 is 7.86. The largest absolute Gasteiger partial charge is 0.458 e. The number of aliphatic hydroxyl groups is 1. The number of nitrogens with zero attached hydrogens (tertiary/aromatic N) is 2. The lowest BCUT2D eigenvalue weighted by molar-refractivity contribution is -0.172. The first-order valence-electron chi connectivity index (χ1n) is 11.5. The van der Waals surface area contributed by atoms with Crippen molar-refractivity contribution in [2.24, 2.45) is 0 Å². The van der Waals surface area contributed by atoms with Crippen molar-refractivity contribution in [3.8, 4) is 11.4 Å². The molecule has 1 atom stereocenters. The van der Waals surface area contributed by atoms with Crippen LogP contribution in [-0.2, 0) is 34.8 Å². The molecule has 4 heterocycles. The van der Waals surface area contributed by atoms with E-state index in [4.69, 9.17) is 9.72 Å². The lowest BCUT2D eigenvalue weighted by atomic mass is 9.86. The number of pyridine rings is 2. The third-order valence-electron chi connectivity index (χ3n) is 7.03. The summed E-state index contributed by atoms with van der Waals surface area (Å²) in [6, 6.07) is 17.6. The summed E-state index contributed by atoms with van der Waals surface area (Å²) in [5.41, 5.74) is 3.69. The number of aromatic nitrogens is 2. The molecule has 0 fully saturated rings. The van der Waals surface area contributed by atoms with E-state index in [-0.39, 0.29) is 18.6 Å². The van der Waals surface area contributed by atoms with E-state index in [9.17, 15) is 14.7 Å². The van der Waals surface area contributed by atoms with Crippen LogP contribution in [0.15, 0.2) is 63.9 Å². The second-order valence-corrected chi connectivity index (χ2v) is 9.81. The fourth-order valence-corrected chi connectivity index (χ4v) is 5.34. The molecule has 0 saturated heterocycles. The summed E-state index contributed by atoms with van der Waals surface area (Å²) in [5.74, 6) is -0.721. The number of nitrogens with one attached hydrogen (secondary N) is 1. The number of carbonyl (C=O) groups excluding carboxylic acids is 1. The van der Waals surface area contributed by atoms with Crippen LogP contribution < -0.4 is 10.9 Å². The number of halogens is 1. The minimum atomic E-state index is -1.84. The Hall–Kier alpha value is -3.49. The summed E-state index contributed by atoms with van der Waals surface area (Å²) in [6.45, 7) is 2.48. The Labute approximate surface area is 209 Å². The van der Waals surface area contributed by atoms with Crippen molar-refractivity contribution in [1.82, 2.24) is 9.55 Å². The molecule has 176 valence electrons. The van der Waals surface area contributed by atoms with E-state index in [0.717, 1.165) is 32.2 Å². The smallest absolute Gasteiger partial charge is 0.343 e. The Kier molecular flexibility index (Phi) is 5.05. The Morgan fingerprint density at radius 1 is 1.14 bits per heavy atom. The van der Waals surface area contributed by atoms with E-state index in [0.29, 0.717) is 35.6 Å². The number of hydrogen-bond donors (Lipinski definition) is 2. The molecule has 2 N–H and O–H groups in total. The number of ether oxygens (including phenoxy) is 1. The number of carbonyl (C=O) groups is 1. The van der Waals surface area contributed by atoms with E-state index in [1.165, 1.54) is 0 Å². The Morgan fingerprint density at radius 2 is 1.91 bits per heavy atom. The molecule has 6 rings (SSSR count). The molecule has 4 aromatic rings. The van der Waals surface area contributed by atoms with Gasteiger partial charge in [-0.15, -0.1) is 0 Å². The molecule has 2 aromatic heterocycles. The first-order chi connectivity index (χ1) is 16.9. The van der Waals surface area contributed by atoms with Crippen molar-refractivity contribution in [3.05, 3.63) is 91.7 Å². The van der Waals surface area contributed by atoms with E-state index < -0.39 is 11.6 Å². The number of hydrogen-bond acceptors (Lipinski definition) is 6. The predicted molar refractivity (Wildman–Crippen MR) is 136 cm³/mol. The molecule has 2 aliphatic heterocycles. The quantitative estimate of drug-likeness (QED) is 0.332. The number of esters is 1. The number of para-hydroxylation sites is 1. The van der Waals surface area contributed by atoms with Gasteiger partial charge >= 0.3 is 5.97 Å². The van der Waals surface area contributed by atoms with Crippen LogP contribution in [0.4, 0.5) is 5.69 Å². The molecule has 0 saturated carbocycles. The lowest BCUT2D eigenvalue weighted by Crippen LogP contribution is -2.44. The topological polar surface area (TPSA) is 93.5 Å². The van der Waals surface area contributed by atoms with Crippen LogP contribution in [0.3, 0.4) is 0 Å². The van der Waals surface area contributed by atoms with Crippen molar-refractivity contribution in [2.75, 3.05) is 5.32 Å². The molecule has 2 aromatic carbocycles. The molecule has 35 heavy (non-hydrogen) atoms. The molecule has 0 spiro atoms. The van der Waals surface area contributed by atoms with Crippen molar-refractivity contribution in [1.29, 1.82) is 0 Å². The van der Waals surface area contributed by atoms with Gasteiger partial charge < -0.3 is 19.7 Å². The first-order valence-corrected chi connectivity index (χ1v) is 12.3. The Morgan fingerprint density at radius 3 is 2.69 bits per heavy atom. The highest BCUT2D eigenvalue weighted by Crippen LogP contribution is 2.40. The summed E-state index contributed by atoms with van der Waals surface area (Å²) >= 11 is 3.47. The number of fused-ring (bicyclic) bond motifs is 5. The molecular weight excluding hydrogens is 510 g/mol. The Bertz CT molecular complexity index is 1580. The van der Waals surface area contributed by atoms with Gasteiger partial charge in [0.2, 0.25) is 0 Å². The molecule has 0 radical (unpaired) electrons. The van der Waals surface area contributed by atoms with Gasteiger partial charge in [-0.25, -0.2) is 9.78 Å². The number of rotatable bonds is 4. The van der Waals surface area contributed by atoms with Crippen LogP contribution in [0.5, 0.6) is 0 Å².